The Balaban J connectivity index is 2.06. The van der Waals surface area contributed by atoms with Gasteiger partial charge in [-0.15, -0.1) is 0 Å². The Hall–Kier alpha value is -2.62. The summed E-state index contributed by atoms with van der Waals surface area (Å²) in [5.74, 6) is -3.02. The molecular formula is C16H18O9. The SMILES string of the molecule is C[C@@]1(C(=O)O)C[C@H](O)[C@@H](O)[C@H](OC(=O)C=Cc2ccc(O)c(O)c2)O1. The van der Waals surface area contributed by atoms with E-state index >= 15 is 0 Å². The van der Waals surface area contributed by atoms with Crippen molar-refractivity contribution in [2.45, 2.75) is 37.4 Å². The first kappa shape index (κ1) is 18.7. The largest absolute Gasteiger partial charge is 0.504 e. The van der Waals surface area contributed by atoms with Gasteiger partial charge in [-0.3, -0.25) is 0 Å². The average Bonchev–Trinajstić information content (AvgIpc) is 2.53. The molecule has 0 aromatic heterocycles. The van der Waals surface area contributed by atoms with Gasteiger partial charge >= 0.3 is 11.9 Å². The van der Waals surface area contributed by atoms with E-state index in [1.54, 1.807) is 0 Å². The van der Waals surface area contributed by atoms with Crippen LogP contribution in [-0.2, 0) is 19.1 Å². The van der Waals surface area contributed by atoms with Crippen molar-refractivity contribution in [1.29, 1.82) is 0 Å². The standard InChI is InChI=1S/C16H18O9/c1-16(15(22)23)7-11(19)13(21)14(25-16)24-12(20)5-3-8-2-4-9(17)10(18)6-8/h2-6,11,13-14,17-19,21H,7H2,1H3,(H,22,23)/t11-,13+,14+,16-/m0/s1. The monoisotopic (exact) mass is 354 g/mol. The summed E-state index contributed by atoms with van der Waals surface area (Å²) >= 11 is 0. The molecule has 0 bridgehead atoms. The number of carboxylic acid groups (broad SMARTS) is 1. The third kappa shape index (κ3) is 4.27. The highest BCUT2D eigenvalue weighted by Gasteiger charge is 2.49. The van der Waals surface area contributed by atoms with Gasteiger partial charge in [-0.1, -0.05) is 6.07 Å². The van der Waals surface area contributed by atoms with E-state index in [0.717, 1.165) is 6.08 Å². The summed E-state index contributed by atoms with van der Waals surface area (Å²) in [6.07, 6.45) is -2.83. The number of ether oxygens (including phenoxy) is 2. The molecule has 4 atom stereocenters. The fourth-order valence-electron chi connectivity index (χ4n) is 2.27. The van der Waals surface area contributed by atoms with Gasteiger partial charge in [0.1, 0.15) is 6.10 Å². The van der Waals surface area contributed by atoms with Crippen LogP contribution in [0.3, 0.4) is 0 Å². The number of aliphatic hydroxyl groups excluding tert-OH is 2. The molecule has 9 nitrogen and oxygen atoms in total. The first-order chi connectivity index (χ1) is 11.6. The molecule has 1 aromatic rings. The number of hydrogen-bond donors (Lipinski definition) is 5. The predicted octanol–water partition coefficient (Wildman–Crippen LogP) is -0.0343. The molecule has 9 heteroatoms. The second kappa shape index (κ2) is 7.09. The number of phenolic OH excluding ortho intramolecular Hbond substituents is 2. The fourth-order valence-corrected chi connectivity index (χ4v) is 2.27. The lowest BCUT2D eigenvalue weighted by atomic mass is 9.92. The van der Waals surface area contributed by atoms with Crippen LogP contribution in [0.4, 0.5) is 0 Å². The Morgan fingerprint density at radius 1 is 1.28 bits per heavy atom. The summed E-state index contributed by atoms with van der Waals surface area (Å²) < 4.78 is 9.98. The summed E-state index contributed by atoms with van der Waals surface area (Å²) in [7, 11) is 0. The molecule has 0 unspecified atom stereocenters. The number of hydrogen-bond acceptors (Lipinski definition) is 8. The minimum atomic E-state index is -1.81. The normalized spacial score (nSPS) is 29.5. The Kier molecular flexibility index (Phi) is 5.31. The predicted molar refractivity (Wildman–Crippen MR) is 82.4 cm³/mol. The molecule has 1 saturated heterocycles. The van der Waals surface area contributed by atoms with Crippen molar-refractivity contribution >= 4 is 18.0 Å². The number of aliphatic hydroxyl groups is 2. The number of rotatable bonds is 4. The van der Waals surface area contributed by atoms with Crippen molar-refractivity contribution < 1.29 is 44.6 Å². The summed E-state index contributed by atoms with van der Waals surface area (Å²) in [4.78, 5) is 23.0. The number of aliphatic carboxylic acids is 1. The van der Waals surface area contributed by atoms with Crippen LogP contribution in [-0.4, -0.2) is 61.6 Å². The van der Waals surface area contributed by atoms with E-state index in [2.05, 4.69) is 0 Å². The molecule has 5 N–H and O–H groups in total. The smallest absolute Gasteiger partial charge is 0.335 e. The average molecular weight is 354 g/mol. The molecule has 1 aromatic carbocycles. The van der Waals surface area contributed by atoms with E-state index in [0.29, 0.717) is 5.56 Å². The highest BCUT2D eigenvalue weighted by atomic mass is 16.7. The maximum Gasteiger partial charge on any atom is 0.335 e. The van der Waals surface area contributed by atoms with Crippen LogP contribution in [0.2, 0.25) is 0 Å². The summed E-state index contributed by atoms with van der Waals surface area (Å²) in [5.41, 5.74) is -1.43. The number of esters is 1. The number of carboxylic acids is 1. The van der Waals surface area contributed by atoms with E-state index in [1.165, 1.54) is 31.2 Å². The minimum Gasteiger partial charge on any atom is -0.504 e. The van der Waals surface area contributed by atoms with Crippen LogP contribution in [0.15, 0.2) is 24.3 Å². The van der Waals surface area contributed by atoms with Crippen molar-refractivity contribution in [2.75, 3.05) is 0 Å². The summed E-state index contributed by atoms with van der Waals surface area (Å²) in [6.45, 7) is 1.19. The molecule has 0 radical (unpaired) electrons. The second-order valence-electron chi connectivity index (χ2n) is 5.80. The van der Waals surface area contributed by atoms with Crippen molar-refractivity contribution in [3.05, 3.63) is 29.8 Å². The molecule has 1 heterocycles. The number of benzene rings is 1. The first-order valence-electron chi connectivity index (χ1n) is 7.30. The quantitative estimate of drug-likeness (QED) is 0.285. The zero-order valence-electron chi connectivity index (χ0n) is 13.2. The van der Waals surface area contributed by atoms with Crippen molar-refractivity contribution in [2.24, 2.45) is 0 Å². The zero-order chi connectivity index (χ0) is 18.8. The topological polar surface area (TPSA) is 154 Å². The van der Waals surface area contributed by atoms with Crippen LogP contribution in [0.1, 0.15) is 18.9 Å². The molecule has 1 fully saturated rings. The van der Waals surface area contributed by atoms with Crippen LogP contribution < -0.4 is 0 Å². The third-order valence-corrected chi connectivity index (χ3v) is 3.74. The van der Waals surface area contributed by atoms with E-state index < -0.39 is 36.0 Å². The van der Waals surface area contributed by atoms with Gasteiger partial charge in [0, 0.05) is 12.5 Å². The van der Waals surface area contributed by atoms with E-state index in [9.17, 15) is 30.0 Å². The van der Waals surface area contributed by atoms with Gasteiger partial charge in [-0.2, -0.15) is 0 Å². The molecule has 1 aliphatic rings. The van der Waals surface area contributed by atoms with E-state index in [1.807, 2.05) is 0 Å². The molecule has 0 spiro atoms. The van der Waals surface area contributed by atoms with Gasteiger partial charge < -0.3 is 35.0 Å². The fraction of sp³-hybridized carbons (Fsp3) is 0.375. The maximum absolute atomic E-state index is 11.8. The van der Waals surface area contributed by atoms with Crippen molar-refractivity contribution in [1.82, 2.24) is 0 Å². The Morgan fingerprint density at radius 2 is 1.96 bits per heavy atom. The number of carbonyl (C=O) groups is 2. The van der Waals surface area contributed by atoms with Crippen LogP contribution in [0.5, 0.6) is 11.5 Å². The van der Waals surface area contributed by atoms with Gasteiger partial charge in [0.15, 0.2) is 17.1 Å². The molecular weight excluding hydrogens is 336 g/mol. The van der Waals surface area contributed by atoms with E-state index in [-0.39, 0.29) is 17.9 Å². The lowest BCUT2D eigenvalue weighted by molar-refractivity contribution is -0.282. The van der Waals surface area contributed by atoms with Gasteiger partial charge in [0.2, 0.25) is 6.29 Å². The molecule has 25 heavy (non-hydrogen) atoms. The molecule has 0 amide bonds. The van der Waals surface area contributed by atoms with Crippen LogP contribution in [0, 0.1) is 0 Å². The van der Waals surface area contributed by atoms with Gasteiger partial charge in [0.25, 0.3) is 0 Å². The summed E-state index contributed by atoms with van der Waals surface area (Å²) in [6, 6.07) is 3.86. The zero-order valence-corrected chi connectivity index (χ0v) is 13.2. The van der Waals surface area contributed by atoms with Gasteiger partial charge in [-0.05, 0) is 30.7 Å². The van der Waals surface area contributed by atoms with Crippen molar-refractivity contribution in [3.63, 3.8) is 0 Å². The molecule has 136 valence electrons. The molecule has 0 saturated carbocycles. The second-order valence-corrected chi connectivity index (χ2v) is 5.80. The van der Waals surface area contributed by atoms with Gasteiger partial charge in [0.05, 0.1) is 6.10 Å². The number of phenols is 2. The minimum absolute atomic E-state index is 0.319. The lowest BCUT2D eigenvalue weighted by Gasteiger charge is -2.40. The molecule has 1 aliphatic heterocycles. The summed E-state index contributed by atoms with van der Waals surface area (Å²) in [5, 5.41) is 47.3. The van der Waals surface area contributed by atoms with Crippen LogP contribution >= 0.6 is 0 Å². The Morgan fingerprint density at radius 3 is 2.56 bits per heavy atom. The first-order valence-corrected chi connectivity index (χ1v) is 7.30. The van der Waals surface area contributed by atoms with Gasteiger partial charge in [-0.25, -0.2) is 9.59 Å². The van der Waals surface area contributed by atoms with E-state index in [4.69, 9.17) is 14.6 Å². The molecule has 0 aliphatic carbocycles. The Bertz CT molecular complexity index is 699. The number of carbonyl (C=O) groups excluding carboxylic acids is 1. The highest BCUT2D eigenvalue weighted by Crippen LogP contribution is 2.30. The third-order valence-electron chi connectivity index (χ3n) is 3.74. The maximum atomic E-state index is 11.8. The number of aromatic hydroxyl groups is 2. The Labute approximate surface area is 142 Å². The lowest BCUT2D eigenvalue weighted by Crippen LogP contribution is -2.57. The van der Waals surface area contributed by atoms with Crippen LogP contribution in [0.25, 0.3) is 6.08 Å². The van der Waals surface area contributed by atoms with Crippen molar-refractivity contribution in [3.8, 4) is 11.5 Å². The highest BCUT2D eigenvalue weighted by molar-refractivity contribution is 5.87. The molecule has 2 rings (SSSR count).